The van der Waals surface area contributed by atoms with Crippen LogP contribution in [0.2, 0.25) is 10.0 Å². The smallest absolute Gasteiger partial charge is 0.340 e. The SMILES string of the molecule is COC(=O)c1cc(N2CCOCC2)ccc1NC(=O)c1cccc(Cl)c1Cl. The summed E-state index contributed by atoms with van der Waals surface area (Å²) in [6, 6.07) is 10.00. The maximum absolute atomic E-state index is 12.6. The van der Waals surface area contributed by atoms with Crippen LogP contribution in [0.1, 0.15) is 20.7 Å². The van der Waals surface area contributed by atoms with Crippen molar-refractivity contribution in [1.82, 2.24) is 0 Å². The van der Waals surface area contributed by atoms with Crippen molar-refractivity contribution in [3.63, 3.8) is 0 Å². The molecule has 1 heterocycles. The number of hydrogen-bond donors (Lipinski definition) is 1. The average Bonchev–Trinajstić information content (AvgIpc) is 2.70. The van der Waals surface area contributed by atoms with Crippen molar-refractivity contribution in [3.05, 3.63) is 57.6 Å². The number of benzene rings is 2. The Balaban J connectivity index is 1.90. The molecule has 27 heavy (non-hydrogen) atoms. The van der Waals surface area contributed by atoms with Gasteiger partial charge in [0.25, 0.3) is 5.91 Å². The molecule has 0 aromatic heterocycles. The van der Waals surface area contributed by atoms with E-state index >= 15 is 0 Å². The molecule has 0 spiro atoms. The minimum atomic E-state index is -0.544. The summed E-state index contributed by atoms with van der Waals surface area (Å²) in [5, 5.41) is 3.15. The summed E-state index contributed by atoms with van der Waals surface area (Å²) in [7, 11) is 1.29. The predicted octanol–water partition coefficient (Wildman–Crippen LogP) is 3.87. The summed E-state index contributed by atoms with van der Waals surface area (Å²) in [5.41, 5.74) is 1.67. The van der Waals surface area contributed by atoms with Gasteiger partial charge in [0, 0.05) is 18.8 Å². The second-order valence-corrected chi connectivity index (χ2v) is 6.66. The van der Waals surface area contributed by atoms with E-state index in [1.165, 1.54) is 7.11 Å². The third kappa shape index (κ3) is 4.35. The minimum Gasteiger partial charge on any atom is -0.465 e. The number of carbonyl (C=O) groups excluding carboxylic acids is 2. The molecule has 1 fully saturated rings. The van der Waals surface area contributed by atoms with E-state index < -0.39 is 11.9 Å². The molecule has 0 radical (unpaired) electrons. The predicted molar refractivity (Wildman–Crippen MR) is 105 cm³/mol. The molecule has 1 N–H and O–H groups in total. The largest absolute Gasteiger partial charge is 0.465 e. The highest BCUT2D eigenvalue weighted by Crippen LogP contribution is 2.28. The van der Waals surface area contributed by atoms with Crippen LogP contribution in [0, 0.1) is 0 Å². The molecule has 0 unspecified atom stereocenters. The van der Waals surface area contributed by atoms with Gasteiger partial charge in [0.2, 0.25) is 0 Å². The molecule has 142 valence electrons. The Hall–Kier alpha value is -2.28. The lowest BCUT2D eigenvalue weighted by Crippen LogP contribution is -2.36. The average molecular weight is 409 g/mol. The molecule has 1 amide bonds. The second-order valence-electron chi connectivity index (χ2n) is 5.88. The van der Waals surface area contributed by atoms with Crippen molar-refractivity contribution in [3.8, 4) is 0 Å². The zero-order valence-electron chi connectivity index (χ0n) is 14.6. The maximum atomic E-state index is 12.6. The van der Waals surface area contributed by atoms with Crippen molar-refractivity contribution in [2.75, 3.05) is 43.6 Å². The number of anilines is 2. The first kappa shape index (κ1) is 19.5. The van der Waals surface area contributed by atoms with E-state index in [-0.39, 0.29) is 21.2 Å². The van der Waals surface area contributed by atoms with Crippen LogP contribution in [0.3, 0.4) is 0 Å². The number of rotatable bonds is 4. The highest BCUT2D eigenvalue weighted by Gasteiger charge is 2.20. The highest BCUT2D eigenvalue weighted by molar-refractivity contribution is 6.44. The zero-order chi connectivity index (χ0) is 19.4. The van der Waals surface area contributed by atoms with Crippen molar-refractivity contribution in [2.45, 2.75) is 0 Å². The second kappa shape index (κ2) is 8.61. The van der Waals surface area contributed by atoms with Gasteiger partial charge in [0.1, 0.15) is 0 Å². The summed E-state index contributed by atoms with van der Waals surface area (Å²) >= 11 is 12.1. The fourth-order valence-corrected chi connectivity index (χ4v) is 3.19. The highest BCUT2D eigenvalue weighted by atomic mass is 35.5. The number of morpholine rings is 1. The molecule has 3 rings (SSSR count). The van der Waals surface area contributed by atoms with Gasteiger partial charge in [-0.3, -0.25) is 4.79 Å². The van der Waals surface area contributed by atoms with E-state index in [1.807, 2.05) is 6.07 Å². The van der Waals surface area contributed by atoms with Crippen LogP contribution in [-0.2, 0) is 9.47 Å². The van der Waals surface area contributed by atoms with Gasteiger partial charge in [-0.25, -0.2) is 4.79 Å². The molecule has 2 aromatic rings. The summed E-state index contributed by atoms with van der Waals surface area (Å²) in [5.74, 6) is -1.01. The van der Waals surface area contributed by atoms with Gasteiger partial charge in [-0.15, -0.1) is 0 Å². The van der Waals surface area contributed by atoms with Gasteiger partial charge < -0.3 is 19.7 Å². The summed E-state index contributed by atoms with van der Waals surface area (Å²) in [4.78, 5) is 27.0. The Morgan fingerprint density at radius 1 is 1.11 bits per heavy atom. The Labute approximate surface area is 167 Å². The van der Waals surface area contributed by atoms with Crippen LogP contribution >= 0.6 is 23.2 Å². The lowest BCUT2D eigenvalue weighted by Gasteiger charge is -2.29. The molecule has 0 aliphatic carbocycles. The van der Waals surface area contributed by atoms with E-state index in [1.54, 1.807) is 30.3 Å². The van der Waals surface area contributed by atoms with Gasteiger partial charge >= 0.3 is 5.97 Å². The van der Waals surface area contributed by atoms with Crippen LogP contribution in [-0.4, -0.2) is 45.3 Å². The number of methoxy groups -OCH3 is 1. The van der Waals surface area contributed by atoms with E-state index in [0.29, 0.717) is 18.9 Å². The van der Waals surface area contributed by atoms with Gasteiger partial charge in [0.05, 0.1) is 47.2 Å². The number of carbonyl (C=O) groups is 2. The van der Waals surface area contributed by atoms with E-state index in [0.717, 1.165) is 18.8 Å². The molecular weight excluding hydrogens is 391 g/mol. The molecule has 1 aliphatic rings. The van der Waals surface area contributed by atoms with Gasteiger partial charge in [-0.1, -0.05) is 29.3 Å². The first-order valence-corrected chi connectivity index (χ1v) is 9.07. The normalized spacial score (nSPS) is 14.0. The molecule has 0 atom stereocenters. The van der Waals surface area contributed by atoms with Crippen molar-refractivity contribution in [1.29, 1.82) is 0 Å². The molecule has 1 saturated heterocycles. The lowest BCUT2D eigenvalue weighted by molar-refractivity contribution is 0.0602. The van der Waals surface area contributed by atoms with Crippen molar-refractivity contribution >= 4 is 46.5 Å². The monoisotopic (exact) mass is 408 g/mol. The van der Waals surface area contributed by atoms with Crippen LogP contribution in [0.15, 0.2) is 36.4 Å². The fourth-order valence-electron chi connectivity index (χ4n) is 2.81. The third-order valence-corrected chi connectivity index (χ3v) is 5.05. The van der Waals surface area contributed by atoms with Gasteiger partial charge in [-0.05, 0) is 30.3 Å². The molecule has 2 aromatic carbocycles. The molecular formula is C19H18Cl2N2O4. The van der Waals surface area contributed by atoms with E-state index in [4.69, 9.17) is 32.7 Å². The summed E-state index contributed by atoms with van der Waals surface area (Å²) in [6.07, 6.45) is 0. The van der Waals surface area contributed by atoms with Crippen LogP contribution in [0.4, 0.5) is 11.4 Å². The number of ether oxygens (including phenoxy) is 2. The molecule has 8 heteroatoms. The Morgan fingerprint density at radius 3 is 2.56 bits per heavy atom. The number of esters is 1. The number of hydrogen-bond acceptors (Lipinski definition) is 5. The summed E-state index contributed by atoms with van der Waals surface area (Å²) in [6.45, 7) is 2.70. The van der Waals surface area contributed by atoms with Crippen LogP contribution < -0.4 is 10.2 Å². The fraction of sp³-hybridized carbons (Fsp3) is 0.263. The minimum absolute atomic E-state index is 0.154. The van der Waals surface area contributed by atoms with Crippen LogP contribution in [0.25, 0.3) is 0 Å². The van der Waals surface area contributed by atoms with Gasteiger partial charge in [-0.2, -0.15) is 0 Å². The molecule has 1 aliphatic heterocycles. The van der Waals surface area contributed by atoms with Gasteiger partial charge in [0.15, 0.2) is 0 Å². The molecule has 0 bridgehead atoms. The number of nitrogens with one attached hydrogen (secondary N) is 1. The lowest BCUT2D eigenvalue weighted by atomic mass is 10.1. The Kier molecular flexibility index (Phi) is 6.21. The third-order valence-electron chi connectivity index (χ3n) is 4.23. The maximum Gasteiger partial charge on any atom is 0.340 e. The van der Waals surface area contributed by atoms with E-state index in [9.17, 15) is 9.59 Å². The van der Waals surface area contributed by atoms with Crippen molar-refractivity contribution < 1.29 is 19.1 Å². The Bertz CT molecular complexity index is 867. The first-order chi connectivity index (χ1) is 13.0. The number of halogens is 2. The number of nitrogens with zero attached hydrogens (tertiary/aromatic N) is 1. The summed E-state index contributed by atoms with van der Waals surface area (Å²) < 4.78 is 10.2. The Morgan fingerprint density at radius 2 is 1.85 bits per heavy atom. The van der Waals surface area contributed by atoms with Crippen molar-refractivity contribution in [2.24, 2.45) is 0 Å². The van der Waals surface area contributed by atoms with Crippen LogP contribution in [0.5, 0.6) is 0 Å². The first-order valence-electron chi connectivity index (χ1n) is 8.31. The molecule has 6 nitrogen and oxygen atoms in total. The standard InChI is InChI=1S/C19H18Cl2N2O4/c1-26-19(25)14-11-12(23-7-9-27-10-8-23)5-6-16(14)22-18(24)13-3-2-4-15(20)17(13)21/h2-6,11H,7-10H2,1H3,(H,22,24). The quantitative estimate of drug-likeness (QED) is 0.777. The zero-order valence-corrected chi connectivity index (χ0v) is 16.1. The topological polar surface area (TPSA) is 67.9 Å². The van der Waals surface area contributed by atoms with E-state index in [2.05, 4.69) is 10.2 Å². The molecule has 0 saturated carbocycles. The number of amides is 1.